The third-order valence-electron chi connectivity index (χ3n) is 5.41. The quantitative estimate of drug-likeness (QED) is 0.699. The van der Waals surface area contributed by atoms with Crippen LogP contribution >= 0.6 is 0 Å². The molecular formula is C22H27N3O4. The molecule has 1 amide bonds. The van der Waals surface area contributed by atoms with E-state index in [0.29, 0.717) is 26.2 Å². The van der Waals surface area contributed by atoms with Crippen LogP contribution in [0, 0.1) is 0 Å². The molecule has 0 saturated carbocycles. The third-order valence-corrected chi connectivity index (χ3v) is 5.41. The molecule has 2 aromatic carbocycles. The number of carbonyl (C=O) groups excluding carboxylic acids is 1. The van der Waals surface area contributed by atoms with Gasteiger partial charge in [-0.2, -0.15) is 0 Å². The summed E-state index contributed by atoms with van der Waals surface area (Å²) < 4.78 is 5.49. The standard InChI is InChI=1S/C22H27N3O4/c1-3-29-20-10-6-18(7-11-20)17-4-8-19(9-5-17)24-13-14-25(21(27)28)22(16-24,23-2)12-15-26/h4-11,15,23H,3,12-14,16H2,1-2H3,(H,27,28). The molecule has 7 heteroatoms. The maximum Gasteiger partial charge on any atom is 0.408 e. The van der Waals surface area contributed by atoms with E-state index in [9.17, 15) is 14.7 Å². The van der Waals surface area contributed by atoms with Gasteiger partial charge in [0.2, 0.25) is 0 Å². The van der Waals surface area contributed by atoms with Crippen LogP contribution in [0.4, 0.5) is 10.5 Å². The molecule has 0 bridgehead atoms. The number of aldehydes is 1. The van der Waals surface area contributed by atoms with E-state index in [1.54, 1.807) is 7.05 Å². The predicted octanol–water partition coefficient (Wildman–Crippen LogP) is 3.06. The van der Waals surface area contributed by atoms with Crippen LogP contribution in [0.15, 0.2) is 48.5 Å². The fourth-order valence-electron chi connectivity index (χ4n) is 3.82. The van der Waals surface area contributed by atoms with Crippen molar-refractivity contribution in [3.05, 3.63) is 48.5 Å². The van der Waals surface area contributed by atoms with Crippen molar-refractivity contribution < 1.29 is 19.4 Å². The van der Waals surface area contributed by atoms with E-state index in [2.05, 4.69) is 22.3 Å². The van der Waals surface area contributed by atoms with Crippen molar-refractivity contribution in [2.45, 2.75) is 19.0 Å². The van der Waals surface area contributed by atoms with Gasteiger partial charge in [0.1, 0.15) is 17.7 Å². The number of rotatable bonds is 7. The lowest BCUT2D eigenvalue weighted by Gasteiger charge is -2.49. The van der Waals surface area contributed by atoms with Crippen molar-refractivity contribution in [3.8, 4) is 16.9 Å². The van der Waals surface area contributed by atoms with E-state index >= 15 is 0 Å². The number of carbonyl (C=O) groups is 2. The van der Waals surface area contributed by atoms with Crippen LogP contribution in [0.5, 0.6) is 5.75 Å². The largest absolute Gasteiger partial charge is 0.494 e. The molecule has 1 aliphatic rings. The molecule has 7 nitrogen and oxygen atoms in total. The minimum atomic E-state index is -1.02. The number of piperazine rings is 1. The van der Waals surface area contributed by atoms with Crippen LogP contribution in [0.25, 0.3) is 11.1 Å². The van der Waals surface area contributed by atoms with E-state index in [1.807, 2.05) is 43.3 Å². The molecule has 2 aromatic rings. The molecule has 1 atom stereocenters. The van der Waals surface area contributed by atoms with E-state index in [-0.39, 0.29) is 6.42 Å². The first kappa shape index (κ1) is 20.7. The molecule has 1 heterocycles. The van der Waals surface area contributed by atoms with Crippen LogP contribution in [0.1, 0.15) is 13.3 Å². The van der Waals surface area contributed by atoms with Gasteiger partial charge in [0.05, 0.1) is 13.2 Å². The van der Waals surface area contributed by atoms with Crippen molar-refractivity contribution in [2.75, 3.05) is 38.2 Å². The topological polar surface area (TPSA) is 82.1 Å². The highest BCUT2D eigenvalue weighted by Crippen LogP contribution is 2.29. The van der Waals surface area contributed by atoms with Gasteiger partial charge in [0, 0.05) is 25.2 Å². The molecule has 0 spiro atoms. The lowest BCUT2D eigenvalue weighted by atomic mass is 9.99. The van der Waals surface area contributed by atoms with Crippen molar-refractivity contribution in [3.63, 3.8) is 0 Å². The molecule has 3 rings (SSSR count). The SMILES string of the molecule is CCOc1ccc(-c2ccc(N3CCN(C(=O)O)C(CC=O)(NC)C3)cc2)cc1. The van der Waals surface area contributed by atoms with E-state index in [1.165, 1.54) is 4.90 Å². The zero-order valence-corrected chi connectivity index (χ0v) is 16.8. The Morgan fingerprint density at radius 1 is 1.14 bits per heavy atom. The lowest BCUT2D eigenvalue weighted by molar-refractivity contribution is -0.110. The number of anilines is 1. The first-order valence-corrected chi connectivity index (χ1v) is 9.74. The van der Waals surface area contributed by atoms with Gasteiger partial charge < -0.3 is 19.5 Å². The second-order valence-electron chi connectivity index (χ2n) is 7.01. The molecule has 29 heavy (non-hydrogen) atoms. The summed E-state index contributed by atoms with van der Waals surface area (Å²) in [5.41, 5.74) is 2.25. The van der Waals surface area contributed by atoms with Crippen LogP contribution in [-0.4, -0.2) is 61.3 Å². The van der Waals surface area contributed by atoms with Gasteiger partial charge in [-0.25, -0.2) is 4.79 Å². The Bertz CT molecular complexity index is 838. The average Bonchev–Trinajstić information content (AvgIpc) is 2.74. The van der Waals surface area contributed by atoms with Crippen LogP contribution in [0.2, 0.25) is 0 Å². The summed E-state index contributed by atoms with van der Waals surface area (Å²) in [7, 11) is 1.69. The lowest BCUT2D eigenvalue weighted by Crippen LogP contribution is -2.69. The normalized spacial score (nSPS) is 19.1. The van der Waals surface area contributed by atoms with Crippen molar-refractivity contribution in [2.24, 2.45) is 0 Å². The fraction of sp³-hybridized carbons (Fsp3) is 0.364. The van der Waals surface area contributed by atoms with Crippen molar-refractivity contribution >= 4 is 18.1 Å². The molecule has 1 fully saturated rings. The number of amides is 1. The van der Waals surface area contributed by atoms with Gasteiger partial charge in [-0.15, -0.1) is 0 Å². The van der Waals surface area contributed by atoms with E-state index in [4.69, 9.17) is 4.74 Å². The maximum absolute atomic E-state index is 11.7. The second kappa shape index (κ2) is 8.96. The van der Waals surface area contributed by atoms with Gasteiger partial charge in [0.15, 0.2) is 0 Å². The van der Waals surface area contributed by atoms with Crippen LogP contribution < -0.4 is 15.0 Å². The van der Waals surface area contributed by atoms with Gasteiger partial charge in [-0.1, -0.05) is 24.3 Å². The molecule has 0 aliphatic carbocycles. The summed E-state index contributed by atoms with van der Waals surface area (Å²) in [6.45, 7) is 3.89. The molecular weight excluding hydrogens is 370 g/mol. The predicted molar refractivity (Wildman–Crippen MR) is 112 cm³/mol. The molecule has 1 aliphatic heterocycles. The molecule has 0 radical (unpaired) electrons. The maximum atomic E-state index is 11.7. The molecule has 2 N–H and O–H groups in total. The Kier molecular flexibility index (Phi) is 6.39. The van der Waals surface area contributed by atoms with Gasteiger partial charge >= 0.3 is 6.09 Å². The number of likely N-dealkylation sites (N-methyl/N-ethyl adjacent to an activating group) is 1. The van der Waals surface area contributed by atoms with E-state index < -0.39 is 11.8 Å². The summed E-state index contributed by atoms with van der Waals surface area (Å²) in [6.07, 6.45) is -0.159. The Balaban J connectivity index is 1.78. The Labute approximate surface area is 170 Å². The Morgan fingerprint density at radius 2 is 1.76 bits per heavy atom. The monoisotopic (exact) mass is 397 g/mol. The van der Waals surface area contributed by atoms with Crippen molar-refractivity contribution in [1.29, 1.82) is 0 Å². The average molecular weight is 397 g/mol. The highest BCUT2D eigenvalue weighted by molar-refractivity contribution is 5.70. The molecule has 1 saturated heterocycles. The molecule has 154 valence electrons. The summed E-state index contributed by atoms with van der Waals surface area (Å²) in [5.74, 6) is 0.850. The highest BCUT2D eigenvalue weighted by Gasteiger charge is 2.43. The van der Waals surface area contributed by atoms with Gasteiger partial charge in [-0.05, 0) is 49.4 Å². The van der Waals surface area contributed by atoms with Crippen molar-refractivity contribution in [1.82, 2.24) is 10.2 Å². The molecule has 1 unspecified atom stereocenters. The third kappa shape index (κ3) is 4.35. The minimum absolute atomic E-state index is 0.0938. The first-order chi connectivity index (χ1) is 14.0. The van der Waals surface area contributed by atoms with Crippen LogP contribution in [0.3, 0.4) is 0 Å². The number of hydrogen-bond acceptors (Lipinski definition) is 5. The zero-order valence-electron chi connectivity index (χ0n) is 16.8. The fourth-order valence-corrected chi connectivity index (χ4v) is 3.82. The van der Waals surface area contributed by atoms with Crippen LogP contribution in [-0.2, 0) is 4.79 Å². The number of nitrogens with zero attached hydrogens (tertiary/aromatic N) is 2. The Hall–Kier alpha value is -3.06. The summed E-state index contributed by atoms with van der Waals surface area (Å²) in [5, 5.41) is 12.6. The molecule has 0 aromatic heterocycles. The highest BCUT2D eigenvalue weighted by atomic mass is 16.5. The summed E-state index contributed by atoms with van der Waals surface area (Å²) >= 11 is 0. The second-order valence-corrected chi connectivity index (χ2v) is 7.01. The number of benzene rings is 2. The summed E-state index contributed by atoms with van der Waals surface area (Å²) in [4.78, 5) is 26.3. The van der Waals surface area contributed by atoms with E-state index in [0.717, 1.165) is 28.8 Å². The number of ether oxygens (including phenoxy) is 1. The van der Waals surface area contributed by atoms with Gasteiger partial charge in [0.25, 0.3) is 0 Å². The number of nitrogens with one attached hydrogen (secondary N) is 1. The zero-order chi connectivity index (χ0) is 20.9. The Morgan fingerprint density at radius 3 is 2.28 bits per heavy atom. The van der Waals surface area contributed by atoms with Gasteiger partial charge in [-0.3, -0.25) is 10.2 Å². The number of carboxylic acid groups (broad SMARTS) is 1. The minimum Gasteiger partial charge on any atom is -0.494 e. The first-order valence-electron chi connectivity index (χ1n) is 9.74. The number of hydrogen-bond donors (Lipinski definition) is 2. The summed E-state index contributed by atoms with van der Waals surface area (Å²) in [6, 6.07) is 16.1. The smallest absolute Gasteiger partial charge is 0.408 e.